The second kappa shape index (κ2) is 8.98. The van der Waals surface area contributed by atoms with Gasteiger partial charge in [-0.05, 0) is 36.0 Å². The van der Waals surface area contributed by atoms with E-state index in [4.69, 9.17) is 11.6 Å². The molecule has 8 heteroatoms. The molecule has 0 radical (unpaired) electrons. The fourth-order valence-corrected chi connectivity index (χ4v) is 3.54. The van der Waals surface area contributed by atoms with E-state index in [0.29, 0.717) is 0 Å². The van der Waals surface area contributed by atoms with Crippen LogP contribution >= 0.6 is 0 Å². The van der Waals surface area contributed by atoms with Crippen LogP contribution in [0.4, 0.5) is 14.5 Å². The summed E-state index contributed by atoms with van der Waals surface area (Å²) in [6.45, 7) is 6.38. The van der Waals surface area contributed by atoms with Crippen molar-refractivity contribution < 1.29 is 13.6 Å². The van der Waals surface area contributed by atoms with Crippen molar-refractivity contribution in [1.82, 2.24) is 10.7 Å². The number of hydrogen-bond donors (Lipinski definition) is 4. The molecule has 0 spiro atoms. The van der Waals surface area contributed by atoms with Crippen molar-refractivity contribution in [2.75, 3.05) is 11.9 Å². The zero-order valence-electron chi connectivity index (χ0n) is 17.6. The number of likely N-dealkylation sites (N-methyl/N-ethyl adjacent to an activating group) is 1. The topological polar surface area (TPSA) is 96.4 Å². The molecule has 162 valence electrons. The van der Waals surface area contributed by atoms with Gasteiger partial charge in [0.1, 0.15) is 6.04 Å². The Morgan fingerprint density at radius 1 is 1.24 bits per heavy atom. The first-order valence-corrected chi connectivity index (χ1v) is 9.88. The van der Waals surface area contributed by atoms with E-state index in [1.165, 1.54) is 11.8 Å². The van der Waals surface area contributed by atoms with Crippen molar-refractivity contribution in [1.29, 1.82) is 0 Å². The fourth-order valence-electron chi connectivity index (χ4n) is 3.54. The van der Waals surface area contributed by atoms with Crippen LogP contribution in [0.15, 0.2) is 36.2 Å². The fraction of sp³-hybridized carbons (Fsp3) is 0.571. The van der Waals surface area contributed by atoms with Crippen LogP contribution in [0.1, 0.15) is 52.0 Å². The van der Waals surface area contributed by atoms with Crippen molar-refractivity contribution >= 4 is 11.6 Å². The first-order valence-electron chi connectivity index (χ1n) is 9.88. The summed E-state index contributed by atoms with van der Waals surface area (Å²) in [6, 6.07) is 6.79. The summed E-state index contributed by atoms with van der Waals surface area (Å²) in [6.07, 6.45) is 1.41. The molecule has 1 aromatic carbocycles. The van der Waals surface area contributed by atoms with Crippen LogP contribution in [0.3, 0.4) is 0 Å². The van der Waals surface area contributed by atoms with Crippen molar-refractivity contribution in [2.24, 2.45) is 11.6 Å². The first kappa shape index (κ1) is 22.9. The van der Waals surface area contributed by atoms with E-state index in [0.717, 1.165) is 5.69 Å². The summed E-state index contributed by atoms with van der Waals surface area (Å²) < 4.78 is 26.8. The van der Waals surface area contributed by atoms with E-state index < -0.39 is 12.0 Å². The highest BCUT2D eigenvalue weighted by atomic mass is 19.3. The second-order valence-electron chi connectivity index (χ2n) is 8.76. The van der Waals surface area contributed by atoms with E-state index >= 15 is 0 Å². The highest BCUT2D eigenvalue weighted by molar-refractivity contribution is 5.88. The minimum Gasteiger partial charge on any atom is -0.399 e. The number of carbonyl (C=O) groups excluding carboxylic acids is 1. The van der Waals surface area contributed by atoms with Gasteiger partial charge in [0.05, 0.1) is 5.70 Å². The summed E-state index contributed by atoms with van der Waals surface area (Å²) in [5, 5.41) is 2.88. The molecule has 0 bridgehead atoms. The van der Waals surface area contributed by atoms with Crippen LogP contribution in [0.2, 0.25) is 0 Å². The van der Waals surface area contributed by atoms with Crippen LogP contribution in [-0.4, -0.2) is 31.0 Å². The van der Waals surface area contributed by atoms with Gasteiger partial charge < -0.3 is 21.4 Å². The molecule has 6 N–H and O–H groups in total. The minimum absolute atomic E-state index is 0.0132. The molecule has 1 atom stereocenters. The van der Waals surface area contributed by atoms with Gasteiger partial charge in [-0.2, -0.15) is 0 Å². The Hall–Kier alpha value is -2.35. The summed E-state index contributed by atoms with van der Waals surface area (Å²) in [5.41, 5.74) is 10.7. The Morgan fingerprint density at radius 3 is 2.28 bits per heavy atom. The minimum atomic E-state index is -2.64. The number of hydrogen-bond acceptors (Lipinski definition) is 5. The zero-order chi connectivity index (χ0) is 21.8. The molecule has 0 heterocycles. The molecule has 1 fully saturated rings. The lowest BCUT2D eigenvalue weighted by molar-refractivity contribution is -0.123. The molecule has 0 aliphatic heterocycles. The summed E-state index contributed by atoms with van der Waals surface area (Å²) in [7, 11) is 1.77. The van der Waals surface area contributed by atoms with Gasteiger partial charge >= 0.3 is 0 Å². The molecule has 1 saturated carbocycles. The van der Waals surface area contributed by atoms with Gasteiger partial charge in [-0.15, -0.1) is 0 Å². The number of carbonyl (C=O) groups is 1. The molecule has 6 nitrogen and oxygen atoms in total. The Labute approximate surface area is 171 Å². The highest BCUT2D eigenvalue weighted by Gasteiger charge is 2.36. The molecular weight excluding hydrogens is 376 g/mol. The third kappa shape index (κ3) is 6.06. The second-order valence-corrected chi connectivity index (χ2v) is 8.76. The molecule has 1 amide bonds. The average Bonchev–Trinajstić information content (AvgIpc) is 2.63. The number of nitrogens with one attached hydrogen (secondary N) is 2. The third-order valence-corrected chi connectivity index (χ3v) is 5.41. The largest absolute Gasteiger partial charge is 0.399 e. The molecule has 2 rings (SSSR count). The summed E-state index contributed by atoms with van der Waals surface area (Å²) >= 11 is 0. The Balaban J connectivity index is 2.19. The average molecular weight is 410 g/mol. The van der Waals surface area contributed by atoms with Crippen LogP contribution < -0.4 is 27.2 Å². The Morgan fingerprint density at radius 2 is 1.79 bits per heavy atom. The predicted octanol–water partition coefficient (Wildman–Crippen LogP) is 2.75. The normalized spacial score (nSPS) is 18.8. The van der Waals surface area contributed by atoms with Crippen LogP contribution in [0.25, 0.3) is 0 Å². The van der Waals surface area contributed by atoms with E-state index in [9.17, 15) is 13.6 Å². The van der Waals surface area contributed by atoms with Gasteiger partial charge in [0.2, 0.25) is 11.8 Å². The van der Waals surface area contributed by atoms with Gasteiger partial charge in [0.15, 0.2) is 0 Å². The number of halogens is 2. The molecule has 0 saturated heterocycles. The lowest BCUT2D eigenvalue weighted by Gasteiger charge is -2.33. The number of benzene rings is 1. The number of nitrogens with zero attached hydrogens (tertiary/aromatic N) is 1. The van der Waals surface area contributed by atoms with E-state index in [-0.39, 0.29) is 48.7 Å². The maximum atomic E-state index is 13.4. The van der Waals surface area contributed by atoms with Gasteiger partial charge in [0, 0.05) is 37.8 Å². The maximum absolute atomic E-state index is 13.4. The maximum Gasteiger partial charge on any atom is 0.249 e. The van der Waals surface area contributed by atoms with Gasteiger partial charge in [-0.3, -0.25) is 10.6 Å². The van der Waals surface area contributed by atoms with Gasteiger partial charge in [-0.25, -0.2) is 8.78 Å². The lowest BCUT2D eigenvalue weighted by Crippen LogP contribution is -2.52. The molecule has 1 aliphatic carbocycles. The number of rotatable bonds is 6. The van der Waals surface area contributed by atoms with E-state index in [1.54, 1.807) is 11.9 Å². The smallest absolute Gasteiger partial charge is 0.249 e. The number of alkyl halides is 2. The molecular formula is C21H33F2N5O. The van der Waals surface area contributed by atoms with Gasteiger partial charge in [0.25, 0.3) is 0 Å². The SMILES string of the molecule is CN(c1ccc(C(C)(C)C)cc1)C(C(=O)NC1CCC(F)(F)CC1)/C(N)=C/NN. The van der Waals surface area contributed by atoms with E-state index in [1.807, 2.05) is 24.3 Å². The predicted molar refractivity (Wildman–Crippen MR) is 112 cm³/mol. The summed E-state index contributed by atoms with van der Waals surface area (Å²) in [4.78, 5) is 14.8. The molecule has 29 heavy (non-hydrogen) atoms. The molecule has 1 aromatic rings. The van der Waals surface area contributed by atoms with E-state index in [2.05, 4.69) is 31.5 Å². The molecule has 1 unspecified atom stereocenters. The molecule has 0 aromatic heterocycles. The summed E-state index contributed by atoms with van der Waals surface area (Å²) in [5.74, 6) is 2.36. The number of amides is 1. The zero-order valence-corrected chi connectivity index (χ0v) is 17.6. The monoisotopic (exact) mass is 409 g/mol. The Bertz CT molecular complexity index is 718. The third-order valence-electron chi connectivity index (χ3n) is 5.41. The van der Waals surface area contributed by atoms with Crippen molar-refractivity contribution in [2.45, 2.75) is 69.9 Å². The van der Waals surface area contributed by atoms with Crippen molar-refractivity contribution in [3.8, 4) is 0 Å². The lowest BCUT2D eigenvalue weighted by atomic mass is 9.87. The van der Waals surface area contributed by atoms with Crippen LogP contribution in [-0.2, 0) is 10.2 Å². The van der Waals surface area contributed by atoms with Crippen LogP contribution in [0.5, 0.6) is 0 Å². The number of anilines is 1. The quantitative estimate of drug-likeness (QED) is 0.428. The Kier molecular flexibility index (Phi) is 7.11. The van der Waals surface area contributed by atoms with Crippen LogP contribution in [0, 0.1) is 0 Å². The standard InChI is InChI=1S/C21H33F2N5O/c1-20(2,3)14-5-7-16(8-6-14)28(4)18(17(24)13-26-25)19(29)27-15-9-11-21(22,23)12-10-15/h5-8,13,15,18,26H,9-12,24-25H2,1-4H3,(H,27,29)/b17-13-. The highest BCUT2D eigenvalue weighted by Crippen LogP contribution is 2.33. The number of hydrazine groups is 1. The van der Waals surface area contributed by atoms with Crippen molar-refractivity contribution in [3.63, 3.8) is 0 Å². The first-order chi connectivity index (χ1) is 13.4. The van der Waals surface area contributed by atoms with Gasteiger partial charge in [-0.1, -0.05) is 32.9 Å². The number of nitrogens with two attached hydrogens (primary N) is 2. The molecule has 1 aliphatic rings. The van der Waals surface area contributed by atoms with Crippen molar-refractivity contribution in [3.05, 3.63) is 41.7 Å².